The van der Waals surface area contributed by atoms with E-state index >= 15 is 0 Å². The lowest BCUT2D eigenvalue weighted by Gasteiger charge is -2.09. The van der Waals surface area contributed by atoms with E-state index in [-0.39, 0.29) is 5.56 Å². The van der Waals surface area contributed by atoms with Crippen molar-refractivity contribution in [2.24, 2.45) is 0 Å². The van der Waals surface area contributed by atoms with E-state index in [0.717, 1.165) is 22.3 Å². The summed E-state index contributed by atoms with van der Waals surface area (Å²) in [5.41, 5.74) is 3.87. The zero-order valence-electron chi connectivity index (χ0n) is 14.5. The Hall–Kier alpha value is -3.87. The Morgan fingerprint density at radius 2 is 1.89 bits per heavy atom. The van der Waals surface area contributed by atoms with Crippen molar-refractivity contribution in [3.8, 4) is 0 Å². The summed E-state index contributed by atoms with van der Waals surface area (Å²) in [7, 11) is 0. The Kier molecular flexibility index (Phi) is 4.18. The Morgan fingerprint density at radius 3 is 2.74 bits per heavy atom. The molecule has 2 aromatic carbocycles. The van der Waals surface area contributed by atoms with Crippen molar-refractivity contribution in [2.45, 2.75) is 6.92 Å². The minimum Gasteiger partial charge on any atom is -0.478 e. The summed E-state index contributed by atoms with van der Waals surface area (Å²) < 4.78 is 0. The molecule has 0 atom stereocenters. The summed E-state index contributed by atoms with van der Waals surface area (Å²) >= 11 is 0. The summed E-state index contributed by atoms with van der Waals surface area (Å²) in [4.78, 5) is 23.1. The minimum atomic E-state index is -0.973. The number of nitrogens with zero attached hydrogens (tertiary/aromatic N) is 2. The van der Waals surface area contributed by atoms with Crippen LogP contribution in [-0.2, 0) is 0 Å². The van der Waals surface area contributed by atoms with Crippen LogP contribution in [0.2, 0.25) is 0 Å². The third-order valence-electron chi connectivity index (χ3n) is 4.05. The summed E-state index contributed by atoms with van der Waals surface area (Å²) in [6.07, 6.45) is 1.63. The van der Waals surface area contributed by atoms with Gasteiger partial charge in [-0.3, -0.25) is 0 Å². The molecule has 2 aromatic heterocycles. The molecule has 2 heterocycles. The number of aromatic carboxylic acids is 1. The van der Waals surface area contributed by atoms with Crippen LogP contribution in [0.5, 0.6) is 0 Å². The Bertz CT molecular complexity index is 1140. The number of fused-ring (bicyclic) bond motifs is 1. The first-order valence-electron chi connectivity index (χ1n) is 8.37. The molecule has 0 aliphatic carbocycles. The quantitative estimate of drug-likeness (QED) is 0.420. The van der Waals surface area contributed by atoms with Gasteiger partial charge >= 0.3 is 5.97 Å². The topological polar surface area (TPSA) is 103 Å². The predicted octanol–water partition coefficient (Wildman–Crippen LogP) is 4.45. The van der Waals surface area contributed by atoms with Crippen molar-refractivity contribution < 1.29 is 9.90 Å². The van der Waals surface area contributed by atoms with Gasteiger partial charge in [0, 0.05) is 28.8 Å². The van der Waals surface area contributed by atoms with Gasteiger partial charge in [0.1, 0.15) is 5.82 Å². The lowest BCUT2D eigenvalue weighted by Crippen LogP contribution is -2.01. The number of aromatic amines is 1. The number of carboxylic acid groups (broad SMARTS) is 1. The summed E-state index contributed by atoms with van der Waals surface area (Å²) in [5, 5.41) is 16.5. The van der Waals surface area contributed by atoms with Gasteiger partial charge in [0.15, 0.2) is 0 Å². The standard InChI is InChI=1S/C20H17N5O2/c1-12-9-13-5-6-16(11-17(13)22-12)24-20-21-8-7-18(25-20)23-15-4-2-3-14(10-15)19(26)27/h2-11,22H,1H3,(H,26,27)(H2,21,23,24,25). The van der Waals surface area contributed by atoms with Gasteiger partial charge in [0.2, 0.25) is 5.95 Å². The van der Waals surface area contributed by atoms with Gasteiger partial charge in [0.05, 0.1) is 5.56 Å². The molecular formula is C20H17N5O2. The van der Waals surface area contributed by atoms with E-state index in [1.807, 2.05) is 25.1 Å². The number of rotatable bonds is 5. The number of hydrogen-bond acceptors (Lipinski definition) is 5. The fraction of sp³-hybridized carbons (Fsp3) is 0.0500. The Balaban J connectivity index is 1.54. The lowest BCUT2D eigenvalue weighted by molar-refractivity contribution is 0.0697. The Morgan fingerprint density at radius 1 is 1.04 bits per heavy atom. The second kappa shape index (κ2) is 6.80. The SMILES string of the molecule is Cc1cc2ccc(Nc3nccc(Nc4cccc(C(=O)O)c4)n3)cc2[nH]1. The first-order chi connectivity index (χ1) is 13.1. The molecule has 4 rings (SSSR count). The third kappa shape index (κ3) is 3.72. The number of aryl methyl sites for hydroxylation is 1. The number of aromatic nitrogens is 3. The molecule has 7 heteroatoms. The van der Waals surface area contributed by atoms with Crippen LogP contribution in [0.15, 0.2) is 60.8 Å². The molecule has 0 aliphatic rings. The average Bonchev–Trinajstić information content (AvgIpc) is 3.01. The van der Waals surface area contributed by atoms with E-state index in [0.29, 0.717) is 17.5 Å². The largest absolute Gasteiger partial charge is 0.478 e. The first kappa shape index (κ1) is 16.6. The van der Waals surface area contributed by atoms with E-state index in [2.05, 4.69) is 31.7 Å². The molecule has 0 bridgehead atoms. The van der Waals surface area contributed by atoms with Crippen LogP contribution in [0, 0.1) is 6.92 Å². The van der Waals surface area contributed by atoms with Gasteiger partial charge in [-0.25, -0.2) is 9.78 Å². The van der Waals surface area contributed by atoms with Gasteiger partial charge in [-0.05, 0) is 54.8 Å². The number of carbonyl (C=O) groups is 1. The Labute approximate surface area is 155 Å². The van der Waals surface area contributed by atoms with Crippen LogP contribution < -0.4 is 10.6 Å². The molecule has 0 fully saturated rings. The fourth-order valence-electron chi connectivity index (χ4n) is 2.85. The molecule has 0 saturated carbocycles. The van der Waals surface area contributed by atoms with Crippen molar-refractivity contribution >= 4 is 40.0 Å². The van der Waals surface area contributed by atoms with Crippen LogP contribution in [-0.4, -0.2) is 26.0 Å². The van der Waals surface area contributed by atoms with E-state index in [4.69, 9.17) is 5.11 Å². The van der Waals surface area contributed by atoms with Gasteiger partial charge in [-0.1, -0.05) is 12.1 Å². The molecule has 134 valence electrons. The summed E-state index contributed by atoms with van der Waals surface area (Å²) in [5.74, 6) is 0.0301. The summed E-state index contributed by atoms with van der Waals surface area (Å²) in [6, 6.07) is 16.4. The molecule has 0 unspecified atom stereocenters. The molecule has 27 heavy (non-hydrogen) atoms. The predicted molar refractivity (Wildman–Crippen MR) is 105 cm³/mol. The molecule has 7 nitrogen and oxygen atoms in total. The average molecular weight is 359 g/mol. The van der Waals surface area contributed by atoms with Crippen molar-refractivity contribution in [3.05, 3.63) is 72.1 Å². The van der Waals surface area contributed by atoms with Crippen molar-refractivity contribution in [1.82, 2.24) is 15.0 Å². The van der Waals surface area contributed by atoms with E-state index in [9.17, 15) is 4.79 Å². The van der Waals surface area contributed by atoms with Gasteiger partial charge in [-0.15, -0.1) is 0 Å². The first-order valence-corrected chi connectivity index (χ1v) is 8.37. The van der Waals surface area contributed by atoms with Crippen LogP contribution >= 0.6 is 0 Å². The smallest absolute Gasteiger partial charge is 0.335 e. The molecule has 0 amide bonds. The van der Waals surface area contributed by atoms with Gasteiger partial charge < -0.3 is 20.7 Å². The highest BCUT2D eigenvalue weighted by atomic mass is 16.4. The van der Waals surface area contributed by atoms with Crippen molar-refractivity contribution in [2.75, 3.05) is 10.6 Å². The number of nitrogens with one attached hydrogen (secondary N) is 3. The molecule has 0 saturated heterocycles. The number of benzene rings is 2. The molecular weight excluding hydrogens is 342 g/mol. The number of hydrogen-bond donors (Lipinski definition) is 4. The maximum atomic E-state index is 11.1. The monoisotopic (exact) mass is 359 g/mol. The maximum absolute atomic E-state index is 11.1. The minimum absolute atomic E-state index is 0.210. The number of carboxylic acids is 1. The zero-order chi connectivity index (χ0) is 18.8. The highest BCUT2D eigenvalue weighted by Gasteiger charge is 2.06. The van der Waals surface area contributed by atoms with Gasteiger partial charge in [-0.2, -0.15) is 4.98 Å². The van der Waals surface area contributed by atoms with E-state index < -0.39 is 5.97 Å². The summed E-state index contributed by atoms with van der Waals surface area (Å²) in [6.45, 7) is 2.02. The van der Waals surface area contributed by atoms with Crippen LogP contribution in [0.4, 0.5) is 23.1 Å². The zero-order valence-corrected chi connectivity index (χ0v) is 14.5. The van der Waals surface area contributed by atoms with Crippen molar-refractivity contribution in [3.63, 3.8) is 0 Å². The fourth-order valence-corrected chi connectivity index (χ4v) is 2.85. The second-order valence-corrected chi connectivity index (χ2v) is 6.16. The number of H-pyrrole nitrogens is 1. The van der Waals surface area contributed by atoms with Crippen LogP contribution in [0.3, 0.4) is 0 Å². The highest BCUT2D eigenvalue weighted by Crippen LogP contribution is 2.22. The highest BCUT2D eigenvalue weighted by molar-refractivity contribution is 5.89. The maximum Gasteiger partial charge on any atom is 0.335 e. The van der Waals surface area contributed by atoms with Crippen LogP contribution in [0.1, 0.15) is 16.1 Å². The van der Waals surface area contributed by atoms with E-state index in [1.165, 1.54) is 0 Å². The number of anilines is 4. The lowest BCUT2D eigenvalue weighted by atomic mass is 10.2. The van der Waals surface area contributed by atoms with Crippen LogP contribution in [0.25, 0.3) is 10.9 Å². The molecule has 4 aromatic rings. The molecule has 0 spiro atoms. The van der Waals surface area contributed by atoms with Gasteiger partial charge in [0.25, 0.3) is 0 Å². The molecule has 4 N–H and O–H groups in total. The molecule has 0 radical (unpaired) electrons. The second-order valence-electron chi connectivity index (χ2n) is 6.16. The normalized spacial score (nSPS) is 10.7. The molecule has 0 aliphatic heterocycles. The third-order valence-corrected chi connectivity index (χ3v) is 4.05. The van der Waals surface area contributed by atoms with Crippen molar-refractivity contribution in [1.29, 1.82) is 0 Å². The van der Waals surface area contributed by atoms with E-state index in [1.54, 1.807) is 36.5 Å².